The molecule has 2 unspecified atom stereocenters. The van der Waals surface area contributed by atoms with Crippen molar-refractivity contribution in [3.8, 4) is 0 Å². The first-order chi connectivity index (χ1) is 10.8. The van der Waals surface area contributed by atoms with E-state index in [0.717, 1.165) is 31.7 Å². The van der Waals surface area contributed by atoms with Crippen LogP contribution in [0.15, 0.2) is 12.1 Å². The van der Waals surface area contributed by atoms with E-state index >= 15 is 0 Å². The topological polar surface area (TPSA) is 67.3 Å². The SMILES string of the molecule is CC(C)(C)OC(=O)N1CC2CC(Nc3ccc(Cl)nn3)C[C@@H]2C1. The third-order valence-corrected chi connectivity index (χ3v) is 4.59. The first kappa shape index (κ1) is 16.3. The summed E-state index contributed by atoms with van der Waals surface area (Å²) in [6.45, 7) is 7.26. The number of fused-ring (bicyclic) bond motifs is 1. The molecule has 0 aromatic carbocycles. The second kappa shape index (κ2) is 6.15. The molecule has 3 rings (SSSR count). The minimum atomic E-state index is -0.438. The second-order valence-corrected chi connectivity index (χ2v) is 7.85. The van der Waals surface area contributed by atoms with Gasteiger partial charge >= 0.3 is 6.09 Å². The van der Waals surface area contributed by atoms with E-state index in [2.05, 4.69) is 15.5 Å². The Morgan fingerprint density at radius 3 is 2.43 bits per heavy atom. The molecule has 7 heteroatoms. The lowest BCUT2D eigenvalue weighted by Gasteiger charge is -2.25. The number of rotatable bonds is 2. The Labute approximate surface area is 141 Å². The predicted octanol–water partition coefficient (Wildman–Crippen LogP) is 3.19. The van der Waals surface area contributed by atoms with Gasteiger partial charge in [0.2, 0.25) is 0 Å². The predicted molar refractivity (Wildman–Crippen MR) is 88.5 cm³/mol. The highest BCUT2D eigenvalue weighted by atomic mass is 35.5. The summed E-state index contributed by atoms with van der Waals surface area (Å²) in [4.78, 5) is 14.0. The molecule has 1 aromatic heterocycles. The van der Waals surface area contributed by atoms with Crippen LogP contribution in [0, 0.1) is 11.8 Å². The van der Waals surface area contributed by atoms with Gasteiger partial charge < -0.3 is 15.0 Å². The molecule has 0 spiro atoms. The molecule has 1 saturated carbocycles. The largest absolute Gasteiger partial charge is 0.444 e. The van der Waals surface area contributed by atoms with Crippen molar-refractivity contribution in [1.29, 1.82) is 0 Å². The molecule has 1 amide bonds. The van der Waals surface area contributed by atoms with Gasteiger partial charge in [-0.15, -0.1) is 10.2 Å². The fraction of sp³-hybridized carbons (Fsp3) is 0.688. The number of amides is 1. The van der Waals surface area contributed by atoms with Crippen LogP contribution in [0.5, 0.6) is 0 Å². The Bertz CT molecular complexity index is 558. The number of anilines is 1. The van der Waals surface area contributed by atoms with E-state index in [1.807, 2.05) is 31.7 Å². The van der Waals surface area contributed by atoms with E-state index in [9.17, 15) is 4.79 Å². The minimum absolute atomic E-state index is 0.194. The van der Waals surface area contributed by atoms with Gasteiger partial charge in [0.25, 0.3) is 0 Å². The van der Waals surface area contributed by atoms with Crippen LogP contribution in [0.25, 0.3) is 0 Å². The first-order valence-corrected chi connectivity index (χ1v) is 8.41. The minimum Gasteiger partial charge on any atom is -0.444 e. The van der Waals surface area contributed by atoms with Crippen LogP contribution >= 0.6 is 11.6 Å². The van der Waals surface area contributed by atoms with Gasteiger partial charge in [0.1, 0.15) is 11.4 Å². The van der Waals surface area contributed by atoms with Gasteiger partial charge in [-0.25, -0.2) is 4.79 Å². The van der Waals surface area contributed by atoms with Crippen molar-refractivity contribution >= 4 is 23.5 Å². The average Bonchev–Trinajstić information content (AvgIpc) is 2.97. The van der Waals surface area contributed by atoms with Crippen LogP contribution in [0.3, 0.4) is 0 Å². The molecule has 1 N–H and O–H groups in total. The zero-order valence-electron chi connectivity index (χ0n) is 13.8. The Balaban J connectivity index is 1.51. The number of carbonyl (C=O) groups is 1. The Morgan fingerprint density at radius 2 is 1.91 bits per heavy atom. The monoisotopic (exact) mass is 338 g/mol. The van der Waals surface area contributed by atoms with Crippen LogP contribution < -0.4 is 5.32 Å². The fourth-order valence-electron chi connectivity index (χ4n) is 3.50. The zero-order valence-corrected chi connectivity index (χ0v) is 14.5. The average molecular weight is 339 g/mol. The highest BCUT2D eigenvalue weighted by Crippen LogP contribution is 2.39. The summed E-state index contributed by atoms with van der Waals surface area (Å²) in [5, 5.41) is 11.7. The highest BCUT2D eigenvalue weighted by Gasteiger charge is 2.43. The van der Waals surface area contributed by atoms with Gasteiger partial charge in [-0.05, 0) is 57.6 Å². The van der Waals surface area contributed by atoms with Crippen molar-refractivity contribution < 1.29 is 9.53 Å². The van der Waals surface area contributed by atoms with E-state index < -0.39 is 5.60 Å². The molecule has 0 bridgehead atoms. The molecule has 23 heavy (non-hydrogen) atoms. The lowest BCUT2D eigenvalue weighted by atomic mass is 10.0. The summed E-state index contributed by atoms with van der Waals surface area (Å²) in [7, 11) is 0. The zero-order chi connectivity index (χ0) is 16.6. The van der Waals surface area contributed by atoms with Gasteiger partial charge in [-0.1, -0.05) is 11.6 Å². The Morgan fingerprint density at radius 1 is 1.26 bits per heavy atom. The van der Waals surface area contributed by atoms with Crippen molar-refractivity contribution in [2.24, 2.45) is 11.8 Å². The molecular formula is C16H23ClN4O2. The molecule has 6 nitrogen and oxygen atoms in total. The molecule has 2 heterocycles. The molecule has 1 saturated heterocycles. The molecule has 126 valence electrons. The van der Waals surface area contributed by atoms with Crippen LogP contribution in [0.4, 0.5) is 10.6 Å². The maximum atomic E-state index is 12.2. The summed E-state index contributed by atoms with van der Waals surface area (Å²) in [6, 6.07) is 3.95. The summed E-state index contributed by atoms with van der Waals surface area (Å²) in [6.07, 6.45) is 1.88. The fourth-order valence-corrected chi connectivity index (χ4v) is 3.60. The number of nitrogens with one attached hydrogen (secondary N) is 1. The van der Waals surface area contributed by atoms with E-state index in [0.29, 0.717) is 23.0 Å². The Hall–Kier alpha value is -1.56. The van der Waals surface area contributed by atoms with Crippen molar-refractivity contribution in [2.45, 2.75) is 45.3 Å². The molecule has 0 radical (unpaired) electrons. The van der Waals surface area contributed by atoms with Crippen LogP contribution in [0.2, 0.25) is 5.15 Å². The molecule has 1 aliphatic heterocycles. The van der Waals surface area contributed by atoms with Gasteiger partial charge in [-0.3, -0.25) is 0 Å². The van der Waals surface area contributed by atoms with Gasteiger partial charge in [-0.2, -0.15) is 0 Å². The number of carbonyl (C=O) groups excluding carboxylic acids is 1. The number of hydrogen-bond acceptors (Lipinski definition) is 5. The lowest BCUT2D eigenvalue weighted by molar-refractivity contribution is 0.0280. The standard InChI is InChI=1S/C16H23ClN4O2/c1-16(2,3)23-15(22)21-8-10-6-12(7-11(10)9-21)18-14-5-4-13(17)19-20-14/h4-5,10-12H,6-9H2,1-3H3,(H,18,20)/t10-,11?,12?/m1/s1. The normalized spacial score (nSPS) is 27.0. The number of halogens is 1. The van der Waals surface area contributed by atoms with Gasteiger partial charge in [0, 0.05) is 19.1 Å². The molecular weight excluding hydrogens is 316 g/mol. The Kier molecular flexibility index (Phi) is 4.36. The van der Waals surface area contributed by atoms with Crippen LogP contribution in [-0.4, -0.2) is 45.9 Å². The van der Waals surface area contributed by atoms with Crippen LogP contribution in [0.1, 0.15) is 33.6 Å². The maximum Gasteiger partial charge on any atom is 0.410 e. The van der Waals surface area contributed by atoms with Crippen molar-refractivity contribution in [1.82, 2.24) is 15.1 Å². The van der Waals surface area contributed by atoms with Gasteiger partial charge in [0.15, 0.2) is 5.15 Å². The van der Waals surface area contributed by atoms with E-state index in [-0.39, 0.29) is 6.09 Å². The quantitative estimate of drug-likeness (QED) is 0.897. The number of hydrogen-bond donors (Lipinski definition) is 1. The van der Waals surface area contributed by atoms with Crippen molar-refractivity contribution in [3.63, 3.8) is 0 Å². The van der Waals surface area contributed by atoms with E-state index in [1.54, 1.807) is 6.07 Å². The van der Waals surface area contributed by atoms with E-state index in [4.69, 9.17) is 16.3 Å². The molecule has 2 aliphatic rings. The number of ether oxygens (including phenoxy) is 1. The number of nitrogens with zero attached hydrogens (tertiary/aromatic N) is 3. The molecule has 1 aliphatic carbocycles. The van der Waals surface area contributed by atoms with Crippen LogP contribution in [-0.2, 0) is 4.74 Å². The lowest BCUT2D eigenvalue weighted by Crippen LogP contribution is -2.36. The molecule has 3 atom stereocenters. The molecule has 1 aromatic rings. The van der Waals surface area contributed by atoms with Gasteiger partial charge in [0.05, 0.1) is 0 Å². The smallest absolute Gasteiger partial charge is 0.410 e. The second-order valence-electron chi connectivity index (χ2n) is 7.46. The van der Waals surface area contributed by atoms with Crippen molar-refractivity contribution in [2.75, 3.05) is 18.4 Å². The third kappa shape index (κ3) is 4.05. The summed E-state index contributed by atoms with van der Waals surface area (Å²) in [5.74, 6) is 1.81. The first-order valence-electron chi connectivity index (χ1n) is 8.04. The van der Waals surface area contributed by atoms with E-state index in [1.165, 1.54) is 0 Å². The number of aromatic nitrogens is 2. The molecule has 2 fully saturated rings. The third-order valence-electron chi connectivity index (χ3n) is 4.39. The summed E-state index contributed by atoms with van der Waals surface area (Å²) < 4.78 is 5.46. The van der Waals surface area contributed by atoms with Crippen molar-refractivity contribution in [3.05, 3.63) is 17.3 Å². The summed E-state index contributed by atoms with van der Waals surface area (Å²) in [5.41, 5.74) is -0.438. The summed E-state index contributed by atoms with van der Waals surface area (Å²) >= 11 is 5.75. The maximum absolute atomic E-state index is 12.2. The highest BCUT2D eigenvalue weighted by molar-refractivity contribution is 6.29. The number of likely N-dealkylation sites (tertiary alicyclic amines) is 1.